The summed E-state index contributed by atoms with van der Waals surface area (Å²) in [4.78, 5) is 28.0. The monoisotopic (exact) mass is 573 g/mol. The third-order valence-electron chi connectivity index (χ3n) is 6.81. The Morgan fingerprint density at radius 3 is 2.24 bits per heavy atom. The van der Waals surface area contributed by atoms with Crippen LogP contribution in [0.25, 0.3) is 11.1 Å². The fourth-order valence-electron chi connectivity index (χ4n) is 4.98. The third-order valence-corrected chi connectivity index (χ3v) is 8.22. The average Bonchev–Trinajstić information content (AvgIpc) is 3.36. The molecular weight excluding hydrogens is 545 g/mol. The van der Waals surface area contributed by atoms with Gasteiger partial charge in [0.1, 0.15) is 0 Å². The van der Waals surface area contributed by atoms with E-state index in [0.717, 1.165) is 17.5 Å². The average molecular weight is 575 g/mol. The van der Waals surface area contributed by atoms with Crippen molar-refractivity contribution in [2.24, 2.45) is 17.0 Å². The van der Waals surface area contributed by atoms with E-state index in [2.05, 4.69) is 5.32 Å². The molecule has 0 heterocycles. The standard InChI is InChI=1S/C28H29Cl2N3O4S/c1-33(17-18-9-11-20(12-10-18)23-5-2-3-8-26(23)38(31,36)37)28(35)25-7-4-6-24(25)27(34)32-16-19-13-21(29)15-22(30)14-19/h2-3,5,8-15,24-25H,4,6-7,16-17H2,1H3,(H,32,34)(H2,31,36,37)/t24-,25?/m1/s1. The van der Waals surface area contributed by atoms with Gasteiger partial charge in [0.25, 0.3) is 0 Å². The number of halogens is 2. The first-order valence-electron chi connectivity index (χ1n) is 12.2. The van der Waals surface area contributed by atoms with Gasteiger partial charge in [0.2, 0.25) is 21.8 Å². The SMILES string of the molecule is CN(Cc1ccc(-c2ccccc2S(N)(=O)=O)cc1)C(=O)C1CCC[C@H]1C(=O)NCc1cc(Cl)cc(Cl)c1. The highest BCUT2D eigenvalue weighted by Gasteiger charge is 2.38. The predicted octanol–water partition coefficient (Wildman–Crippen LogP) is 5.00. The molecule has 0 radical (unpaired) electrons. The number of carbonyl (C=O) groups excluding carboxylic acids is 2. The van der Waals surface area contributed by atoms with Crippen LogP contribution in [-0.4, -0.2) is 32.2 Å². The summed E-state index contributed by atoms with van der Waals surface area (Å²) in [5.41, 5.74) is 2.91. The van der Waals surface area contributed by atoms with Gasteiger partial charge in [-0.25, -0.2) is 13.6 Å². The first-order valence-corrected chi connectivity index (χ1v) is 14.5. The van der Waals surface area contributed by atoms with Crippen LogP contribution in [0, 0.1) is 11.8 Å². The van der Waals surface area contributed by atoms with E-state index >= 15 is 0 Å². The van der Waals surface area contributed by atoms with Crippen molar-refractivity contribution in [1.82, 2.24) is 10.2 Å². The highest BCUT2D eigenvalue weighted by molar-refractivity contribution is 7.89. The molecule has 0 spiro atoms. The first kappa shape index (κ1) is 28.1. The van der Waals surface area contributed by atoms with Gasteiger partial charge >= 0.3 is 0 Å². The van der Waals surface area contributed by atoms with E-state index in [4.69, 9.17) is 28.3 Å². The highest BCUT2D eigenvalue weighted by Crippen LogP contribution is 2.34. The lowest BCUT2D eigenvalue weighted by molar-refractivity contribution is -0.140. The summed E-state index contributed by atoms with van der Waals surface area (Å²) in [6.45, 7) is 0.648. The summed E-state index contributed by atoms with van der Waals surface area (Å²) in [5.74, 6) is -0.999. The van der Waals surface area contributed by atoms with E-state index in [-0.39, 0.29) is 29.2 Å². The van der Waals surface area contributed by atoms with Crippen LogP contribution >= 0.6 is 23.2 Å². The Kier molecular flexibility index (Phi) is 8.78. The van der Waals surface area contributed by atoms with Gasteiger partial charge < -0.3 is 10.2 Å². The fraction of sp³-hybridized carbons (Fsp3) is 0.286. The van der Waals surface area contributed by atoms with Crippen LogP contribution in [0.3, 0.4) is 0 Å². The van der Waals surface area contributed by atoms with Gasteiger partial charge in [-0.05, 0) is 53.8 Å². The smallest absolute Gasteiger partial charge is 0.238 e. The zero-order valence-corrected chi connectivity index (χ0v) is 23.2. The topological polar surface area (TPSA) is 110 Å². The molecule has 1 aliphatic rings. The van der Waals surface area contributed by atoms with Crippen molar-refractivity contribution in [2.75, 3.05) is 7.05 Å². The largest absolute Gasteiger partial charge is 0.352 e. The number of carbonyl (C=O) groups is 2. The Morgan fingerprint density at radius 1 is 0.947 bits per heavy atom. The predicted molar refractivity (Wildman–Crippen MR) is 149 cm³/mol. The summed E-state index contributed by atoms with van der Waals surface area (Å²) in [7, 11) is -2.14. The minimum Gasteiger partial charge on any atom is -0.352 e. The third kappa shape index (κ3) is 6.74. The normalized spacial score (nSPS) is 17.3. The number of hydrogen-bond acceptors (Lipinski definition) is 4. The number of nitrogens with two attached hydrogens (primary N) is 1. The second kappa shape index (κ2) is 11.9. The molecule has 1 fully saturated rings. The lowest BCUT2D eigenvalue weighted by Crippen LogP contribution is -2.40. The molecule has 3 N–H and O–H groups in total. The first-order chi connectivity index (χ1) is 18.0. The van der Waals surface area contributed by atoms with Crippen molar-refractivity contribution in [2.45, 2.75) is 37.2 Å². The van der Waals surface area contributed by atoms with E-state index < -0.39 is 15.9 Å². The van der Waals surface area contributed by atoms with Crippen LogP contribution < -0.4 is 10.5 Å². The Bertz CT molecular complexity index is 1420. The molecule has 3 aromatic rings. The minimum absolute atomic E-state index is 0.0593. The molecule has 10 heteroatoms. The zero-order valence-electron chi connectivity index (χ0n) is 20.9. The van der Waals surface area contributed by atoms with Crippen molar-refractivity contribution in [3.63, 3.8) is 0 Å². The van der Waals surface area contributed by atoms with Gasteiger partial charge in [0.15, 0.2) is 0 Å². The van der Waals surface area contributed by atoms with Crippen molar-refractivity contribution >= 4 is 45.0 Å². The quantitative estimate of drug-likeness (QED) is 0.395. The van der Waals surface area contributed by atoms with E-state index in [1.165, 1.54) is 6.07 Å². The van der Waals surface area contributed by atoms with Crippen LogP contribution in [0.5, 0.6) is 0 Å². The lowest BCUT2D eigenvalue weighted by atomic mass is 9.93. The van der Waals surface area contributed by atoms with E-state index in [9.17, 15) is 18.0 Å². The number of amides is 2. The minimum atomic E-state index is -3.87. The number of hydrogen-bond donors (Lipinski definition) is 2. The second-order valence-corrected chi connectivity index (χ2v) is 12.0. The molecule has 0 aliphatic heterocycles. The zero-order chi connectivity index (χ0) is 27.4. The summed E-state index contributed by atoms with van der Waals surface area (Å²) >= 11 is 12.1. The number of nitrogens with one attached hydrogen (secondary N) is 1. The molecule has 2 amide bonds. The van der Waals surface area contributed by atoms with Crippen LogP contribution in [0.1, 0.15) is 30.4 Å². The Balaban J connectivity index is 1.39. The number of benzene rings is 3. The van der Waals surface area contributed by atoms with Crippen LogP contribution in [0.4, 0.5) is 0 Å². The second-order valence-electron chi connectivity index (χ2n) is 9.57. The van der Waals surface area contributed by atoms with Gasteiger partial charge in [-0.1, -0.05) is 72.1 Å². The van der Waals surface area contributed by atoms with Gasteiger partial charge in [-0.2, -0.15) is 0 Å². The van der Waals surface area contributed by atoms with Gasteiger partial charge in [-0.15, -0.1) is 0 Å². The number of sulfonamides is 1. The lowest BCUT2D eigenvalue weighted by Gasteiger charge is -2.25. The summed E-state index contributed by atoms with van der Waals surface area (Å²) in [5, 5.41) is 9.29. The molecule has 200 valence electrons. The molecule has 1 aliphatic carbocycles. The molecule has 0 bridgehead atoms. The van der Waals surface area contributed by atoms with Gasteiger partial charge in [-0.3, -0.25) is 9.59 Å². The molecule has 1 saturated carbocycles. The number of rotatable bonds is 8. The van der Waals surface area contributed by atoms with E-state index in [0.29, 0.717) is 40.6 Å². The van der Waals surface area contributed by atoms with Crippen molar-refractivity contribution < 1.29 is 18.0 Å². The van der Waals surface area contributed by atoms with Crippen LogP contribution in [-0.2, 0) is 32.7 Å². The molecule has 2 atom stereocenters. The maximum Gasteiger partial charge on any atom is 0.238 e. The maximum atomic E-state index is 13.3. The molecule has 1 unspecified atom stereocenters. The van der Waals surface area contributed by atoms with E-state index in [1.807, 2.05) is 24.3 Å². The fourth-order valence-corrected chi connectivity index (χ4v) is 6.31. The highest BCUT2D eigenvalue weighted by atomic mass is 35.5. The Labute approximate surface area is 233 Å². The van der Waals surface area contributed by atoms with Crippen molar-refractivity contribution in [3.8, 4) is 11.1 Å². The summed E-state index contributed by atoms with van der Waals surface area (Å²) < 4.78 is 23.9. The van der Waals surface area contributed by atoms with E-state index in [1.54, 1.807) is 48.3 Å². The molecular formula is C28H29Cl2N3O4S. The summed E-state index contributed by atoms with van der Waals surface area (Å²) in [6, 6.07) is 19.0. The number of nitrogens with zero attached hydrogens (tertiary/aromatic N) is 1. The molecule has 7 nitrogen and oxygen atoms in total. The number of primary sulfonamides is 1. The van der Waals surface area contributed by atoms with Crippen molar-refractivity contribution in [1.29, 1.82) is 0 Å². The van der Waals surface area contributed by atoms with Crippen molar-refractivity contribution in [3.05, 3.63) is 87.9 Å². The Morgan fingerprint density at radius 2 is 1.58 bits per heavy atom. The molecule has 38 heavy (non-hydrogen) atoms. The Hall–Kier alpha value is -2.91. The molecule has 0 saturated heterocycles. The van der Waals surface area contributed by atoms with Gasteiger partial charge in [0, 0.05) is 47.6 Å². The maximum absolute atomic E-state index is 13.3. The van der Waals surface area contributed by atoms with Crippen LogP contribution in [0.2, 0.25) is 10.0 Å². The molecule has 4 rings (SSSR count). The van der Waals surface area contributed by atoms with Crippen LogP contribution in [0.15, 0.2) is 71.6 Å². The van der Waals surface area contributed by atoms with Gasteiger partial charge in [0.05, 0.1) is 4.90 Å². The molecule has 3 aromatic carbocycles. The summed E-state index contributed by atoms with van der Waals surface area (Å²) in [6.07, 6.45) is 2.13. The molecule has 0 aromatic heterocycles.